The lowest BCUT2D eigenvalue weighted by Crippen LogP contribution is -2.17. The molecule has 0 aliphatic heterocycles. The Morgan fingerprint density at radius 1 is 1.32 bits per heavy atom. The van der Waals surface area contributed by atoms with Gasteiger partial charge in [0.15, 0.2) is 11.5 Å². The Balaban J connectivity index is 1.63. The van der Waals surface area contributed by atoms with Crippen LogP contribution in [-0.4, -0.2) is 22.3 Å². The highest BCUT2D eigenvalue weighted by Gasteiger charge is 2.11. The van der Waals surface area contributed by atoms with Gasteiger partial charge >= 0.3 is 0 Å². The van der Waals surface area contributed by atoms with Crippen LogP contribution in [-0.2, 0) is 0 Å². The van der Waals surface area contributed by atoms with Gasteiger partial charge in [-0.3, -0.25) is 9.89 Å². The van der Waals surface area contributed by atoms with Crippen LogP contribution in [0, 0.1) is 5.82 Å². The molecule has 0 spiro atoms. The molecule has 2 aromatic heterocycles. The predicted octanol–water partition coefficient (Wildman–Crippen LogP) is 2.57. The van der Waals surface area contributed by atoms with Crippen molar-refractivity contribution < 1.29 is 13.6 Å². The average molecular weight is 298 g/mol. The smallest absolute Gasteiger partial charge is 0.291 e. The fourth-order valence-corrected chi connectivity index (χ4v) is 1.77. The van der Waals surface area contributed by atoms with Crippen molar-refractivity contribution in [3.8, 4) is 11.5 Å². The molecule has 3 aromatic rings. The summed E-state index contributed by atoms with van der Waals surface area (Å²) in [5.41, 5.74) is 3.79. The summed E-state index contributed by atoms with van der Waals surface area (Å²) in [6, 6.07) is 10.8. The first-order chi connectivity index (χ1) is 10.7. The number of furan rings is 1. The molecule has 0 bridgehead atoms. The minimum atomic E-state index is -0.465. The fraction of sp³-hybridized carbons (Fsp3) is 0. The molecule has 110 valence electrons. The second-order valence-electron chi connectivity index (χ2n) is 4.39. The number of rotatable bonds is 4. The van der Waals surface area contributed by atoms with Crippen molar-refractivity contribution >= 4 is 12.1 Å². The van der Waals surface area contributed by atoms with Gasteiger partial charge in [-0.25, -0.2) is 9.82 Å². The molecule has 0 fully saturated rings. The third-order valence-corrected chi connectivity index (χ3v) is 2.85. The molecule has 2 N–H and O–H groups in total. The summed E-state index contributed by atoms with van der Waals surface area (Å²) in [5.74, 6) is -0.211. The van der Waals surface area contributed by atoms with Gasteiger partial charge in [0.25, 0.3) is 5.91 Å². The maximum atomic E-state index is 12.7. The lowest BCUT2D eigenvalue weighted by atomic mass is 10.2. The van der Waals surface area contributed by atoms with Gasteiger partial charge in [-0.1, -0.05) is 12.1 Å². The molecule has 0 aliphatic rings. The Hall–Kier alpha value is -3.22. The van der Waals surface area contributed by atoms with Gasteiger partial charge in [-0.15, -0.1) is 0 Å². The second kappa shape index (κ2) is 6.04. The molecule has 0 aliphatic carbocycles. The van der Waals surface area contributed by atoms with Crippen LogP contribution in [0.4, 0.5) is 4.39 Å². The number of hydrogen-bond donors (Lipinski definition) is 2. The molecule has 0 saturated heterocycles. The van der Waals surface area contributed by atoms with E-state index in [4.69, 9.17) is 4.42 Å². The first kappa shape index (κ1) is 13.7. The van der Waals surface area contributed by atoms with Crippen LogP contribution in [0.2, 0.25) is 0 Å². The van der Waals surface area contributed by atoms with Gasteiger partial charge in [-0.2, -0.15) is 10.2 Å². The second-order valence-corrected chi connectivity index (χ2v) is 4.39. The van der Waals surface area contributed by atoms with E-state index in [1.54, 1.807) is 30.3 Å². The van der Waals surface area contributed by atoms with E-state index in [1.807, 2.05) is 0 Å². The van der Waals surface area contributed by atoms with Gasteiger partial charge in [0.1, 0.15) is 11.5 Å². The Morgan fingerprint density at radius 2 is 2.14 bits per heavy atom. The van der Waals surface area contributed by atoms with E-state index in [9.17, 15) is 9.18 Å². The van der Waals surface area contributed by atoms with Crippen LogP contribution < -0.4 is 5.43 Å². The highest BCUT2D eigenvalue weighted by atomic mass is 19.1. The van der Waals surface area contributed by atoms with E-state index in [0.29, 0.717) is 17.0 Å². The first-order valence-corrected chi connectivity index (χ1v) is 6.40. The summed E-state index contributed by atoms with van der Waals surface area (Å²) in [6.07, 6.45) is 2.94. The number of carbonyl (C=O) groups is 1. The number of hydrogen-bond acceptors (Lipinski definition) is 4. The number of aromatic amines is 1. The fourth-order valence-electron chi connectivity index (χ4n) is 1.77. The lowest BCUT2D eigenvalue weighted by Gasteiger charge is -1.95. The zero-order chi connectivity index (χ0) is 15.4. The van der Waals surface area contributed by atoms with Crippen LogP contribution in [0.25, 0.3) is 11.5 Å². The molecular weight excluding hydrogens is 287 g/mol. The minimum Gasteiger partial charge on any atom is -0.463 e. The Kier molecular flexibility index (Phi) is 3.78. The van der Waals surface area contributed by atoms with Crippen LogP contribution in [0.5, 0.6) is 0 Å². The van der Waals surface area contributed by atoms with Crippen molar-refractivity contribution in [2.45, 2.75) is 0 Å². The number of nitrogens with one attached hydrogen (secondary N) is 2. The molecule has 0 unspecified atom stereocenters. The maximum Gasteiger partial charge on any atom is 0.291 e. The topological polar surface area (TPSA) is 83.3 Å². The monoisotopic (exact) mass is 298 g/mol. The number of halogens is 1. The van der Waals surface area contributed by atoms with Crippen molar-refractivity contribution in [3.05, 3.63) is 65.8 Å². The van der Waals surface area contributed by atoms with E-state index in [-0.39, 0.29) is 11.5 Å². The summed E-state index contributed by atoms with van der Waals surface area (Å²) in [5, 5.41) is 10.4. The summed E-state index contributed by atoms with van der Waals surface area (Å²) in [7, 11) is 0. The molecule has 1 aromatic carbocycles. The molecule has 3 rings (SSSR count). The maximum absolute atomic E-state index is 12.7. The Morgan fingerprint density at radius 3 is 2.86 bits per heavy atom. The zero-order valence-corrected chi connectivity index (χ0v) is 11.3. The summed E-state index contributed by atoms with van der Waals surface area (Å²) < 4.78 is 17.9. The van der Waals surface area contributed by atoms with E-state index in [2.05, 4.69) is 20.7 Å². The van der Waals surface area contributed by atoms with E-state index >= 15 is 0 Å². The Labute approximate surface area is 124 Å². The van der Waals surface area contributed by atoms with Crippen LogP contribution in [0.1, 0.15) is 16.1 Å². The quantitative estimate of drug-likeness (QED) is 0.573. The minimum absolute atomic E-state index is 0.183. The molecule has 0 saturated carbocycles. The summed E-state index contributed by atoms with van der Waals surface area (Å²) in [6.45, 7) is 0. The van der Waals surface area contributed by atoms with Crippen molar-refractivity contribution in [2.24, 2.45) is 5.10 Å². The standard InChI is InChI=1S/C15H11FN4O2/c16-11-5-3-10(4-6-11)9-17-20-15(21)13-8-12(18-19-13)14-2-1-7-22-14/h1-9H,(H,18,19)(H,20,21)/b17-9+. The molecular formula is C15H11FN4O2. The molecule has 7 heteroatoms. The lowest BCUT2D eigenvalue weighted by molar-refractivity contribution is 0.0950. The zero-order valence-electron chi connectivity index (χ0n) is 11.3. The average Bonchev–Trinajstić information content (AvgIpc) is 3.20. The van der Waals surface area contributed by atoms with Crippen molar-refractivity contribution in [1.82, 2.24) is 15.6 Å². The van der Waals surface area contributed by atoms with E-state index in [0.717, 1.165) is 0 Å². The molecule has 0 atom stereocenters. The van der Waals surface area contributed by atoms with Gasteiger partial charge in [0.05, 0.1) is 12.5 Å². The highest BCUT2D eigenvalue weighted by molar-refractivity contribution is 5.93. The van der Waals surface area contributed by atoms with Crippen molar-refractivity contribution in [1.29, 1.82) is 0 Å². The molecule has 2 heterocycles. The van der Waals surface area contributed by atoms with Crippen molar-refractivity contribution in [2.75, 3.05) is 0 Å². The first-order valence-electron chi connectivity index (χ1n) is 6.40. The number of H-pyrrole nitrogens is 1. The molecule has 1 amide bonds. The van der Waals surface area contributed by atoms with E-state index in [1.165, 1.54) is 24.6 Å². The number of aromatic nitrogens is 2. The number of nitrogens with zero attached hydrogens (tertiary/aromatic N) is 2. The van der Waals surface area contributed by atoms with Crippen LogP contribution >= 0.6 is 0 Å². The van der Waals surface area contributed by atoms with Crippen LogP contribution in [0.3, 0.4) is 0 Å². The Bertz CT molecular complexity index is 791. The SMILES string of the molecule is O=C(N/N=C/c1ccc(F)cc1)c1cc(-c2ccco2)[nH]n1. The van der Waals surface area contributed by atoms with Gasteiger partial charge in [0, 0.05) is 6.07 Å². The van der Waals surface area contributed by atoms with E-state index < -0.39 is 5.91 Å². The number of amides is 1. The summed E-state index contributed by atoms with van der Waals surface area (Å²) in [4.78, 5) is 11.9. The molecule has 6 nitrogen and oxygen atoms in total. The third-order valence-electron chi connectivity index (χ3n) is 2.85. The summed E-state index contributed by atoms with van der Waals surface area (Å²) >= 11 is 0. The van der Waals surface area contributed by atoms with Gasteiger partial charge in [-0.05, 0) is 29.8 Å². The number of carbonyl (C=O) groups excluding carboxylic acids is 1. The highest BCUT2D eigenvalue weighted by Crippen LogP contribution is 2.17. The van der Waals surface area contributed by atoms with Crippen molar-refractivity contribution in [3.63, 3.8) is 0 Å². The van der Waals surface area contributed by atoms with Crippen LogP contribution in [0.15, 0.2) is 58.2 Å². The molecule has 22 heavy (non-hydrogen) atoms. The third kappa shape index (κ3) is 3.09. The molecule has 0 radical (unpaired) electrons. The largest absolute Gasteiger partial charge is 0.463 e. The number of benzene rings is 1. The predicted molar refractivity (Wildman–Crippen MR) is 77.7 cm³/mol. The van der Waals surface area contributed by atoms with Gasteiger partial charge in [0.2, 0.25) is 0 Å². The van der Waals surface area contributed by atoms with Gasteiger partial charge < -0.3 is 4.42 Å². The normalized spacial score (nSPS) is 11.0. The number of hydrazone groups is 1.